The van der Waals surface area contributed by atoms with Crippen LogP contribution in [0.1, 0.15) is 29.9 Å². The Morgan fingerprint density at radius 1 is 1.50 bits per heavy atom. The molecule has 0 saturated carbocycles. The summed E-state index contributed by atoms with van der Waals surface area (Å²) < 4.78 is 16.5. The third kappa shape index (κ3) is 3.08. The molecule has 0 spiro atoms. The first-order valence-electron chi connectivity index (χ1n) is 6.50. The maximum absolute atomic E-state index is 14.2. The van der Waals surface area contributed by atoms with Gasteiger partial charge in [-0.1, -0.05) is 12.1 Å². The van der Waals surface area contributed by atoms with Crippen LogP contribution in [0.3, 0.4) is 0 Å². The molecule has 4 nitrogen and oxygen atoms in total. The molecule has 108 valence electrons. The van der Waals surface area contributed by atoms with Crippen molar-refractivity contribution in [1.82, 2.24) is 15.2 Å². The van der Waals surface area contributed by atoms with E-state index in [1.165, 1.54) is 0 Å². The SMILES string of the molecule is CCn1nc(C)cc1CC(NN)c1cccc(Br)c1F. The predicted octanol–water partition coefficient (Wildman–Crippen LogP) is 2.86. The highest BCUT2D eigenvalue weighted by Crippen LogP contribution is 2.26. The summed E-state index contributed by atoms with van der Waals surface area (Å²) in [5.74, 6) is 5.33. The molecule has 3 N–H and O–H groups in total. The monoisotopic (exact) mass is 340 g/mol. The molecular formula is C14H18BrFN4. The highest BCUT2D eigenvalue weighted by atomic mass is 79.9. The van der Waals surface area contributed by atoms with E-state index in [-0.39, 0.29) is 11.9 Å². The van der Waals surface area contributed by atoms with Crippen LogP contribution in [0.4, 0.5) is 4.39 Å². The van der Waals surface area contributed by atoms with Crippen LogP contribution < -0.4 is 11.3 Å². The lowest BCUT2D eigenvalue weighted by atomic mass is 10.0. The third-order valence-electron chi connectivity index (χ3n) is 3.26. The number of nitrogens with zero attached hydrogens (tertiary/aromatic N) is 2. The van der Waals surface area contributed by atoms with E-state index in [4.69, 9.17) is 5.84 Å². The Balaban J connectivity index is 2.31. The van der Waals surface area contributed by atoms with Gasteiger partial charge in [0, 0.05) is 24.2 Å². The maximum atomic E-state index is 14.2. The van der Waals surface area contributed by atoms with E-state index in [0.29, 0.717) is 16.5 Å². The lowest BCUT2D eigenvalue weighted by Gasteiger charge is -2.18. The second-order valence-electron chi connectivity index (χ2n) is 4.66. The Hall–Kier alpha value is -1.24. The van der Waals surface area contributed by atoms with Gasteiger partial charge in [-0.15, -0.1) is 0 Å². The van der Waals surface area contributed by atoms with Gasteiger partial charge in [0.25, 0.3) is 0 Å². The van der Waals surface area contributed by atoms with Crippen molar-refractivity contribution in [3.63, 3.8) is 0 Å². The van der Waals surface area contributed by atoms with Gasteiger partial charge in [-0.3, -0.25) is 16.0 Å². The Morgan fingerprint density at radius 2 is 2.25 bits per heavy atom. The van der Waals surface area contributed by atoms with Crippen molar-refractivity contribution in [2.24, 2.45) is 5.84 Å². The molecule has 0 aliphatic rings. The summed E-state index contributed by atoms with van der Waals surface area (Å²) in [7, 11) is 0. The van der Waals surface area contributed by atoms with E-state index in [1.807, 2.05) is 24.6 Å². The highest BCUT2D eigenvalue weighted by molar-refractivity contribution is 9.10. The highest BCUT2D eigenvalue weighted by Gasteiger charge is 2.18. The molecular weight excluding hydrogens is 323 g/mol. The minimum atomic E-state index is -0.297. The summed E-state index contributed by atoms with van der Waals surface area (Å²) in [5.41, 5.74) is 5.22. The molecule has 1 aromatic heterocycles. The van der Waals surface area contributed by atoms with Crippen molar-refractivity contribution >= 4 is 15.9 Å². The van der Waals surface area contributed by atoms with E-state index in [0.717, 1.165) is 17.9 Å². The van der Waals surface area contributed by atoms with Crippen LogP contribution in [0, 0.1) is 12.7 Å². The molecule has 2 aromatic rings. The topological polar surface area (TPSA) is 55.9 Å². The number of hydrazine groups is 1. The first-order chi connectivity index (χ1) is 9.56. The van der Waals surface area contributed by atoms with Crippen molar-refractivity contribution in [2.75, 3.05) is 0 Å². The van der Waals surface area contributed by atoms with Crippen molar-refractivity contribution in [3.8, 4) is 0 Å². The molecule has 20 heavy (non-hydrogen) atoms. The average Bonchev–Trinajstić information content (AvgIpc) is 2.79. The number of rotatable bonds is 5. The molecule has 0 fully saturated rings. The Morgan fingerprint density at radius 3 is 2.90 bits per heavy atom. The molecule has 1 atom stereocenters. The molecule has 1 aromatic carbocycles. The standard InChI is InChI=1S/C14H18BrFN4/c1-3-20-10(7-9(2)19-20)8-13(18-17)11-5-4-6-12(15)14(11)16/h4-7,13,18H,3,8,17H2,1-2H3. The fraction of sp³-hybridized carbons (Fsp3) is 0.357. The molecule has 1 heterocycles. The lowest BCUT2D eigenvalue weighted by Crippen LogP contribution is -2.31. The van der Waals surface area contributed by atoms with Crippen LogP contribution in [-0.4, -0.2) is 9.78 Å². The normalized spacial score (nSPS) is 12.7. The van der Waals surface area contributed by atoms with E-state index >= 15 is 0 Å². The quantitative estimate of drug-likeness (QED) is 0.650. The van der Waals surface area contributed by atoms with Gasteiger partial charge in [0.1, 0.15) is 5.82 Å². The van der Waals surface area contributed by atoms with Gasteiger partial charge in [0.05, 0.1) is 16.2 Å². The zero-order valence-corrected chi connectivity index (χ0v) is 13.1. The molecule has 6 heteroatoms. The van der Waals surface area contributed by atoms with Crippen LogP contribution in [0.15, 0.2) is 28.7 Å². The molecule has 0 amide bonds. The molecule has 0 aliphatic heterocycles. The minimum absolute atomic E-state index is 0.283. The Bertz CT molecular complexity index is 597. The summed E-state index contributed by atoms with van der Waals surface area (Å²) in [6, 6.07) is 6.92. The van der Waals surface area contributed by atoms with Crippen LogP contribution in [0.5, 0.6) is 0 Å². The van der Waals surface area contributed by atoms with Crippen LogP contribution in [-0.2, 0) is 13.0 Å². The zero-order chi connectivity index (χ0) is 14.7. The fourth-order valence-corrected chi connectivity index (χ4v) is 2.68. The van der Waals surface area contributed by atoms with E-state index < -0.39 is 0 Å². The fourth-order valence-electron chi connectivity index (χ4n) is 2.29. The van der Waals surface area contributed by atoms with Gasteiger partial charge in [0.2, 0.25) is 0 Å². The largest absolute Gasteiger partial charge is 0.271 e. The summed E-state index contributed by atoms with van der Waals surface area (Å²) in [6.45, 7) is 4.75. The number of benzene rings is 1. The Labute approximate surface area is 126 Å². The molecule has 2 rings (SSSR count). The zero-order valence-electron chi connectivity index (χ0n) is 11.5. The van der Waals surface area contributed by atoms with Gasteiger partial charge < -0.3 is 0 Å². The molecule has 0 saturated heterocycles. The molecule has 0 bridgehead atoms. The summed E-state index contributed by atoms with van der Waals surface area (Å²) in [6.07, 6.45) is 0.582. The van der Waals surface area contributed by atoms with Gasteiger partial charge >= 0.3 is 0 Å². The summed E-state index contributed by atoms with van der Waals surface area (Å²) >= 11 is 3.20. The van der Waals surface area contributed by atoms with Crippen molar-refractivity contribution in [2.45, 2.75) is 32.9 Å². The molecule has 1 unspecified atom stereocenters. The number of nitrogens with two attached hydrogens (primary N) is 1. The van der Waals surface area contributed by atoms with Crippen molar-refractivity contribution in [1.29, 1.82) is 0 Å². The number of hydrogen-bond donors (Lipinski definition) is 2. The van der Waals surface area contributed by atoms with Gasteiger partial charge in [-0.25, -0.2) is 4.39 Å². The van der Waals surface area contributed by atoms with Crippen molar-refractivity contribution < 1.29 is 4.39 Å². The van der Waals surface area contributed by atoms with Crippen LogP contribution in [0.25, 0.3) is 0 Å². The van der Waals surface area contributed by atoms with E-state index in [2.05, 4.69) is 26.5 Å². The minimum Gasteiger partial charge on any atom is -0.271 e. The third-order valence-corrected chi connectivity index (χ3v) is 3.87. The predicted molar refractivity (Wildman–Crippen MR) is 80.5 cm³/mol. The van der Waals surface area contributed by atoms with E-state index in [9.17, 15) is 4.39 Å². The number of nitrogens with one attached hydrogen (secondary N) is 1. The van der Waals surface area contributed by atoms with Crippen molar-refractivity contribution in [3.05, 3.63) is 51.5 Å². The Kier molecular flexibility index (Phi) is 4.91. The smallest absolute Gasteiger partial charge is 0.142 e. The second kappa shape index (κ2) is 6.47. The van der Waals surface area contributed by atoms with Crippen LogP contribution in [0.2, 0.25) is 0 Å². The summed E-state index contributed by atoms with van der Waals surface area (Å²) in [4.78, 5) is 0. The van der Waals surface area contributed by atoms with Gasteiger partial charge in [-0.2, -0.15) is 5.10 Å². The molecule has 0 radical (unpaired) electrons. The van der Waals surface area contributed by atoms with Gasteiger partial charge in [0.15, 0.2) is 0 Å². The first kappa shape index (κ1) is 15.2. The van der Waals surface area contributed by atoms with Crippen LogP contribution >= 0.6 is 15.9 Å². The first-order valence-corrected chi connectivity index (χ1v) is 7.29. The number of halogens is 2. The lowest BCUT2D eigenvalue weighted by molar-refractivity contribution is 0.488. The second-order valence-corrected chi connectivity index (χ2v) is 5.51. The number of aryl methyl sites for hydroxylation is 2. The molecule has 0 aliphatic carbocycles. The van der Waals surface area contributed by atoms with E-state index in [1.54, 1.807) is 18.2 Å². The number of aromatic nitrogens is 2. The summed E-state index contributed by atoms with van der Waals surface area (Å²) in [5, 5.41) is 4.40. The van der Waals surface area contributed by atoms with Gasteiger partial charge in [-0.05, 0) is 41.9 Å². The number of hydrogen-bond acceptors (Lipinski definition) is 3. The average molecular weight is 341 g/mol. The maximum Gasteiger partial charge on any atom is 0.142 e.